The molecule has 0 saturated carbocycles. The Bertz CT molecular complexity index is 919. The lowest BCUT2D eigenvalue weighted by molar-refractivity contribution is -0.128. The Labute approximate surface area is 178 Å². The summed E-state index contributed by atoms with van der Waals surface area (Å²) in [6.45, 7) is 5.14. The predicted octanol–water partition coefficient (Wildman–Crippen LogP) is 2.75. The molecule has 1 atom stereocenters. The standard InChI is InChI=1S/C23H30N4O3/c1-15-19(13-21(28)26(3)4)16(2)25-22(24-15)17-9-8-12-27(14-17)23(29)18-10-6-7-11-20(18)30-5/h6-7,10-11,17H,8-9,12-14H2,1-5H3/t17-/m1/s1. The van der Waals surface area contributed by atoms with Crippen molar-refractivity contribution < 1.29 is 14.3 Å². The predicted molar refractivity (Wildman–Crippen MR) is 115 cm³/mol. The molecule has 3 rings (SSSR count). The van der Waals surface area contributed by atoms with Gasteiger partial charge in [-0.3, -0.25) is 9.59 Å². The smallest absolute Gasteiger partial charge is 0.257 e. The summed E-state index contributed by atoms with van der Waals surface area (Å²) in [5.41, 5.74) is 3.13. The number of likely N-dealkylation sites (N-methyl/N-ethyl adjacent to an activating group) is 1. The van der Waals surface area contributed by atoms with Crippen molar-refractivity contribution in [2.75, 3.05) is 34.3 Å². The summed E-state index contributed by atoms with van der Waals surface area (Å²) in [6, 6.07) is 7.31. The highest BCUT2D eigenvalue weighted by Gasteiger charge is 2.29. The van der Waals surface area contributed by atoms with Crippen molar-refractivity contribution in [3.63, 3.8) is 0 Å². The van der Waals surface area contributed by atoms with Gasteiger partial charge in [0.15, 0.2) is 0 Å². The number of likely N-dealkylation sites (tertiary alicyclic amines) is 1. The number of amides is 2. The van der Waals surface area contributed by atoms with Crippen molar-refractivity contribution in [1.82, 2.24) is 19.8 Å². The third kappa shape index (κ3) is 4.61. The summed E-state index contributed by atoms with van der Waals surface area (Å²) in [6.07, 6.45) is 2.13. The highest BCUT2D eigenvalue weighted by molar-refractivity contribution is 5.97. The van der Waals surface area contributed by atoms with E-state index < -0.39 is 0 Å². The second-order valence-electron chi connectivity index (χ2n) is 7.99. The Kier molecular flexibility index (Phi) is 6.70. The number of aromatic nitrogens is 2. The highest BCUT2D eigenvalue weighted by atomic mass is 16.5. The largest absolute Gasteiger partial charge is 0.496 e. The summed E-state index contributed by atoms with van der Waals surface area (Å²) >= 11 is 0. The van der Waals surface area contributed by atoms with Gasteiger partial charge in [-0.05, 0) is 38.8 Å². The molecular weight excluding hydrogens is 380 g/mol. The van der Waals surface area contributed by atoms with Gasteiger partial charge in [-0.1, -0.05) is 12.1 Å². The van der Waals surface area contributed by atoms with Gasteiger partial charge in [0.2, 0.25) is 5.91 Å². The minimum Gasteiger partial charge on any atom is -0.496 e. The molecule has 0 spiro atoms. The quantitative estimate of drug-likeness (QED) is 0.758. The number of benzene rings is 1. The molecule has 1 fully saturated rings. The van der Waals surface area contributed by atoms with E-state index in [1.54, 1.807) is 38.2 Å². The topological polar surface area (TPSA) is 75.6 Å². The number of hydrogen-bond acceptors (Lipinski definition) is 5. The van der Waals surface area contributed by atoms with Crippen molar-refractivity contribution in [2.45, 2.75) is 39.0 Å². The van der Waals surface area contributed by atoms with Crippen LogP contribution in [0, 0.1) is 13.8 Å². The molecule has 0 unspecified atom stereocenters. The summed E-state index contributed by atoms with van der Waals surface area (Å²) in [5.74, 6) is 1.42. The molecule has 160 valence electrons. The summed E-state index contributed by atoms with van der Waals surface area (Å²) < 4.78 is 5.36. The first-order valence-electron chi connectivity index (χ1n) is 10.3. The molecule has 1 aromatic heterocycles. The van der Waals surface area contributed by atoms with Gasteiger partial charge < -0.3 is 14.5 Å². The number of ether oxygens (including phenoxy) is 1. The molecule has 0 radical (unpaired) electrons. The van der Waals surface area contributed by atoms with Gasteiger partial charge in [0.05, 0.1) is 19.1 Å². The SMILES string of the molecule is COc1ccccc1C(=O)N1CCC[C@@H](c2nc(C)c(CC(=O)N(C)C)c(C)n2)C1. The number of carbonyl (C=O) groups is 2. The third-order valence-electron chi connectivity index (χ3n) is 5.68. The van der Waals surface area contributed by atoms with Crippen molar-refractivity contribution in [3.05, 3.63) is 52.6 Å². The van der Waals surface area contributed by atoms with E-state index in [1.165, 1.54) is 0 Å². The van der Waals surface area contributed by atoms with Crippen LogP contribution >= 0.6 is 0 Å². The van der Waals surface area contributed by atoms with Gasteiger partial charge in [0, 0.05) is 50.1 Å². The van der Waals surface area contributed by atoms with E-state index in [9.17, 15) is 9.59 Å². The van der Waals surface area contributed by atoms with E-state index in [0.29, 0.717) is 30.8 Å². The molecule has 2 heterocycles. The number of nitrogens with zero attached hydrogens (tertiary/aromatic N) is 4. The molecule has 30 heavy (non-hydrogen) atoms. The van der Waals surface area contributed by atoms with Crippen molar-refractivity contribution in [1.29, 1.82) is 0 Å². The van der Waals surface area contributed by atoms with Gasteiger partial charge in [-0.2, -0.15) is 0 Å². The van der Waals surface area contributed by atoms with E-state index in [4.69, 9.17) is 14.7 Å². The molecule has 1 saturated heterocycles. The zero-order valence-corrected chi connectivity index (χ0v) is 18.4. The van der Waals surface area contributed by atoms with Crippen LogP contribution < -0.4 is 4.74 Å². The normalized spacial score (nSPS) is 16.3. The van der Waals surface area contributed by atoms with Gasteiger partial charge >= 0.3 is 0 Å². The summed E-state index contributed by atoms with van der Waals surface area (Å²) in [5, 5.41) is 0. The molecule has 0 aliphatic carbocycles. The van der Waals surface area contributed by atoms with Crippen LogP contribution in [0.4, 0.5) is 0 Å². The minimum absolute atomic E-state index is 0.0289. The van der Waals surface area contributed by atoms with Crippen LogP contribution in [0.3, 0.4) is 0 Å². The maximum atomic E-state index is 13.1. The Balaban J connectivity index is 1.80. The Morgan fingerprint density at radius 3 is 2.47 bits per heavy atom. The molecular formula is C23H30N4O3. The first-order valence-corrected chi connectivity index (χ1v) is 10.3. The fourth-order valence-corrected chi connectivity index (χ4v) is 3.88. The van der Waals surface area contributed by atoms with Crippen LogP contribution in [0.2, 0.25) is 0 Å². The van der Waals surface area contributed by atoms with Crippen molar-refractivity contribution >= 4 is 11.8 Å². The lowest BCUT2D eigenvalue weighted by Crippen LogP contribution is -2.39. The number of para-hydroxylation sites is 1. The van der Waals surface area contributed by atoms with Gasteiger partial charge in [-0.15, -0.1) is 0 Å². The van der Waals surface area contributed by atoms with E-state index in [0.717, 1.165) is 35.6 Å². The van der Waals surface area contributed by atoms with Crippen molar-refractivity contribution in [2.24, 2.45) is 0 Å². The van der Waals surface area contributed by atoms with Crippen LogP contribution in [0.25, 0.3) is 0 Å². The Morgan fingerprint density at radius 1 is 1.17 bits per heavy atom. The number of piperidine rings is 1. The van der Waals surface area contributed by atoms with Crippen molar-refractivity contribution in [3.8, 4) is 5.75 Å². The van der Waals surface area contributed by atoms with Crippen LogP contribution in [0.1, 0.15) is 51.9 Å². The molecule has 7 heteroatoms. The maximum absolute atomic E-state index is 13.1. The summed E-state index contributed by atoms with van der Waals surface area (Å²) in [7, 11) is 5.07. The monoisotopic (exact) mass is 410 g/mol. The van der Waals surface area contributed by atoms with Crippen LogP contribution in [-0.4, -0.2) is 65.9 Å². The molecule has 7 nitrogen and oxygen atoms in total. The van der Waals surface area contributed by atoms with Crippen LogP contribution in [0.5, 0.6) is 5.75 Å². The number of aryl methyl sites for hydroxylation is 2. The number of carbonyl (C=O) groups excluding carboxylic acids is 2. The van der Waals surface area contributed by atoms with E-state index in [2.05, 4.69) is 0 Å². The molecule has 0 N–H and O–H groups in total. The zero-order chi connectivity index (χ0) is 21.8. The average molecular weight is 411 g/mol. The molecule has 2 amide bonds. The number of hydrogen-bond donors (Lipinski definition) is 0. The van der Waals surface area contributed by atoms with Gasteiger partial charge in [0.25, 0.3) is 5.91 Å². The third-order valence-corrected chi connectivity index (χ3v) is 5.68. The van der Waals surface area contributed by atoms with Gasteiger partial charge in [-0.25, -0.2) is 9.97 Å². The molecule has 1 aromatic carbocycles. The molecule has 1 aliphatic rings. The lowest BCUT2D eigenvalue weighted by atomic mass is 9.95. The minimum atomic E-state index is -0.0289. The zero-order valence-electron chi connectivity index (χ0n) is 18.4. The number of rotatable bonds is 5. The molecule has 2 aromatic rings. The van der Waals surface area contributed by atoms with E-state index in [-0.39, 0.29) is 17.7 Å². The second-order valence-corrected chi connectivity index (χ2v) is 7.99. The lowest BCUT2D eigenvalue weighted by Gasteiger charge is -2.32. The molecule has 1 aliphatic heterocycles. The first-order chi connectivity index (χ1) is 14.3. The van der Waals surface area contributed by atoms with Crippen LogP contribution in [0.15, 0.2) is 24.3 Å². The van der Waals surface area contributed by atoms with E-state index in [1.807, 2.05) is 30.9 Å². The summed E-state index contributed by atoms with van der Waals surface area (Å²) in [4.78, 5) is 38.1. The van der Waals surface area contributed by atoms with Crippen LogP contribution in [-0.2, 0) is 11.2 Å². The molecule has 0 bridgehead atoms. The van der Waals surface area contributed by atoms with E-state index >= 15 is 0 Å². The highest BCUT2D eigenvalue weighted by Crippen LogP contribution is 2.28. The fourth-order valence-electron chi connectivity index (χ4n) is 3.88. The maximum Gasteiger partial charge on any atom is 0.257 e. The first kappa shape index (κ1) is 21.7. The number of methoxy groups -OCH3 is 1. The van der Waals surface area contributed by atoms with Gasteiger partial charge in [0.1, 0.15) is 11.6 Å². The Morgan fingerprint density at radius 2 is 1.83 bits per heavy atom. The Hall–Kier alpha value is -2.96. The average Bonchev–Trinajstić information content (AvgIpc) is 2.75. The second kappa shape index (κ2) is 9.24. The fraction of sp³-hybridized carbons (Fsp3) is 0.478.